The lowest BCUT2D eigenvalue weighted by atomic mass is 10.2. The number of nitrogens with zero attached hydrogens (tertiary/aromatic N) is 1. The lowest BCUT2D eigenvalue weighted by Crippen LogP contribution is -2.32. The van der Waals surface area contributed by atoms with Gasteiger partial charge in [-0.1, -0.05) is 33.6 Å². The van der Waals surface area contributed by atoms with Crippen LogP contribution in [0.15, 0.2) is 47.1 Å². The number of nitrogens with one attached hydrogen (secondary N) is 2. The highest BCUT2D eigenvalue weighted by Gasteiger charge is 2.02. The van der Waals surface area contributed by atoms with E-state index in [0.29, 0.717) is 11.6 Å². The Bertz CT molecular complexity index is 587. The minimum absolute atomic E-state index is 0.0862. The summed E-state index contributed by atoms with van der Waals surface area (Å²) in [7, 11) is 0. The third-order valence-corrected chi connectivity index (χ3v) is 2.95. The van der Waals surface area contributed by atoms with Gasteiger partial charge in [0, 0.05) is 10.7 Å². The first kappa shape index (κ1) is 14.3. The fourth-order valence-corrected chi connectivity index (χ4v) is 1.79. The molecule has 0 saturated carbocycles. The summed E-state index contributed by atoms with van der Waals surface area (Å²) >= 11 is 3.30. The standard InChI is InChI=1S/C14H14BrN3O2/c1-10-2-4-12(5-3-10)20-9-17-14(19)18-13-8-11(15)6-7-16-13/h2-8H,9H2,1H3,(H2,16,17,18,19). The Kier molecular flexibility index (Phi) is 4.95. The molecule has 5 nitrogen and oxygen atoms in total. The number of carbonyl (C=O) groups excluding carboxylic acids is 1. The van der Waals surface area contributed by atoms with Gasteiger partial charge in [-0.05, 0) is 31.2 Å². The molecule has 0 spiro atoms. The van der Waals surface area contributed by atoms with Crippen molar-refractivity contribution in [3.63, 3.8) is 0 Å². The van der Waals surface area contributed by atoms with Gasteiger partial charge in [-0.2, -0.15) is 0 Å². The molecule has 0 atom stereocenters. The Labute approximate surface area is 125 Å². The number of ether oxygens (including phenoxy) is 1. The zero-order valence-corrected chi connectivity index (χ0v) is 12.5. The molecule has 104 valence electrons. The molecule has 0 bridgehead atoms. The van der Waals surface area contributed by atoms with Gasteiger partial charge in [0.25, 0.3) is 0 Å². The van der Waals surface area contributed by atoms with Crippen LogP contribution in [0.4, 0.5) is 10.6 Å². The molecule has 2 N–H and O–H groups in total. The first-order valence-electron chi connectivity index (χ1n) is 5.99. The summed E-state index contributed by atoms with van der Waals surface area (Å²) in [5.41, 5.74) is 1.16. The molecule has 2 amide bonds. The minimum Gasteiger partial charge on any atom is -0.473 e. The van der Waals surface area contributed by atoms with Gasteiger partial charge in [-0.25, -0.2) is 9.78 Å². The predicted molar refractivity (Wildman–Crippen MR) is 80.8 cm³/mol. The lowest BCUT2D eigenvalue weighted by molar-refractivity contribution is 0.234. The lowest BCUT2D eigenvalue weighted by Gasteiger charge is -2.09. The summed E-state index contributed by atoms with van der Waals surface area (Å²) < 4.78 is 6.24. The third kappa shape index (κ3) is 4.55. The second-order valence-corrected chi connectivity index (χ2v) is 5.01. The zero-order chi connectivity index (χ0) is 14.4. The summed E-state index contributed by atoms with van der Waals surface area (Å²) in [6.07, 6.45) is 1.60. The Hall–Kier alpha value is -2.08. The minimum atomic E-state index is -0.372. The molecule has 1 heterocycles. The molecule has 0 fully saturated rings. The Morgan fingerprint density at radius 1 is 1.30 bits per heavy atom. The summed E-state index contributed by atoms with van der Waals surface area (Å²) in [6.45, 7) is 2.09. The molecule has 0 saturated heterocycles. The number of rotatable bonds is 4. The molecule has 2 rings (SSSR count). The number of anilines is 1. The number of urea groups is 1. The van der Waals surface area contributed by atoms with E-state index in [1.165, 1.54) is 0 Å². The maximum Gasteiger partial charge on any atom is 0.323 e. The van der Waals surface area contributed by atoms with E-state index in [-0.39, 0.29) is 12.8 Å². The molecule has 1 aromatic heterocycles. The van der Waals surface area contributed by atoms with Gasteiger partial charge in [0.05, 0.1) is 0 Å². The molecular weight excluding hydrogens is 322 g/mol. The number of pyridine rings is 1. The molecule has 0 aliphatic carbocycles. The van der Waals surface area contributed by atoms with E-state index in [2.05, 4.69) is 31.5 Å². The Morgan fingerprint density at radius 3 is 2.75 bits per heavy atom. The van der Waals surface area contributed by atoms with Gasteiger partial charge in [-0.15, -0.1) is 0 Å². The van der Waals surface area contributed by atoms with Crippen LogP contribution in [0.3, 0.4) is 0 Å². The van der Waals surface area contributed by atoms with Crippen molar-refractivity contribution in [2.45, 2.75) is 6.92 Å². The molecule has 0 aliphatic heterocycles. The highest BCUT2D eigenvalue weighted by molar-refractivity contribution is 9.10. The van der Waals surface area contributed by atoms with Gasteiger partial charge in [0.1, 0.15) is 11.6 Å². The van der Waals surface area contributed by atoms with E-state index >= 15 is 0 Å². The Morgan fingerprint density at radius 2 is 2.05 bits per heavy atom. The van der Waals surface area contributed by atoms with Crippen LogP contribution in [0.5, 0.6) is 5.75 Å². The van der Waals surface area contributed by atoms with Crippen LogP contribution >= 0.6 is 15.9 Å². The summed E-state index contributed by atoms with van der Waals surface area (Å²) in [5.74, 6) is 1.17. The van der Waals surface area contributed by atoms with Crippen molar-refractivity contribution in [1.29, 1.82) is 0 Å². The third-order valence-electron chi connectivity index (χ3n) is 2.46. The van der Waals surface area contributed by atoms with Crippen molar-refractivity contribution in [3.8, 4) is 5.75 Å². The maximum absolute atomic E-state index is 11.6. The summed E-state index contributed by atoms with van der Waals surface area (Å²) in [4.78, 5) is 15.6. The summed E-state index contributed by atoms with van der Waals surface area (Å²) in [6, 6.07) is 10.7. The number of hydrogen-bond acceptors (Lipinski definition) is 3. The number of halogens is 1. The largest absolute Gasteiger partial charge is 0.473 e. The van der Waals surface area contributed by atoms with Crippen molar-refractivity contribution in [1.82, 2.24) is 10.3 Å². The van der Waals surface area contributed by atoms with Gasteiger partial charge in [-0.3, -0.25) is 5.32 Å². The molecule has 20 heavy (non-hydrogen) atoms. The molecule has 0 radical (unpaired) electrons. The van der Waals surface area contributed by atoms with E-state index in [9.17, 15) is 4.79 Å². The molecular formula is C14H14BrN3O2. The molecule has 6 heteroatoms. The van der Waals surface area contributed by atoms with Crippen molar-refractivity contribution < 1.29 is 9.53 Å². The smallest absolute Gasteiger partial charge is 0.323 e. The summed E-state index contributed by atoms with van der Waals surface area (Å²) in [5, 5.41) is 5.19. The predicted octanol–water partition coefficient (Wildman–Crippen LogP) is 3.31. The molecule has 0 aliphatic rings. The van der Waals surface area contributed by atoms with Crippen LogP contribution in [-0.4, -0.2) is 17.7 Å². The number of carbonyl (C=O) groups is 1. The van der Waals surface area contributed by atoms with Crippen LogP contribution in [0.1, 0.15) is 5.56 Å². The zero-order valence-electron chi connectivity index (χ0n) is 10.9. The highest BCUT2D eigenvalue weighted by atomic mass is 79.9. The van der Waals surface area contributed by atoms with Gasteiger partial charge >= 0.3 is 6.03 Å². The van der Waals surface area contributed by atoms with Crippen molar-refractivity contribution in [2.24, 2.45) is 0 Å². The van der Waals surface area contributed by atoms with Gasteiger partial charge in [0.15, 0.2) is 6.73 Å². The van der Waals surface area contributed by atoms with Gasteiger partial charge < -0.3 is 10.1 Å². The monoisotopic (exact) mass is 335 g/mol. The first-order chi connectivity index (χ1) is 9.63. The van der Waals surface area contributed by atoms with E-state index in [1.54, 1.807) is 18.3 Å². The van der Waals surface area contributed by atoms with Gasteiger partial charge in [0.2, 0.25) is 0 Å². The molecule has 0 unspecified atom stereocenters. The van der Waals surface area contributed by atoms with E-state index in [1.807, 2.05) is 31.2 Å². The van der Waals surface area contributed by atoms with E-state index in [4.69, 9.17) is 4.74 Å². The maximum atomic E-state index is 11.6. The van der Waals surface area contributed by atoms with Crippen molar-refractivity contribution in [3.05, 3.63) is 52.6 Å². The van der Waals surface area contributed by atoms with E-state index in [0.717, 1.165) is 10.0 Å². The highest BCUT2D eigenvalue weighted by Crippen LogP contribution is 2.12. The number of hydrogen-bond donors (Lipinski definition) is 2. The first-order valence-corrected chi connectivity index (χ1v) is 6.78. The van der Waals surface area contributed by atoms with Crippen LogP contribution in [-0.2, 0) is 0 Å². The number of aromatic nitrogens is 1. The second kappa shape index (κ2) is 6.91. The number of amides is 2. The van der Waals surface area contributed by atoms with Crippen LogP contribution in [0.2, 0.25) is 0 Å². The van der Waals surface area contributed by atoms with E-state index < -0.39 is 0 Å². The fourth-order valence-electron chi connectivity index (χ4n) is 1.45. The van der Waals surface area contributed by atoms with Crippen LogP contribution in [0.25, 0.3) is 0 Å². The van der Waals surface area contributed by atoms with Crippen LogP contribution < -0.4 is 15.4 Å². The topological polar surface area (TPSA) is 63.2 Å². The second-order valence-electron chi connectivity index (χ2n) is 4.09. The fraction of sp³-hybridized carbons (Fsp3) is 0.143. The molecule has 2 aromatic rings. The quantitative estimate of drug-likeness (QED) is 0.842. The van der Waals surface area contributed by atoms with Crippen LogP contribution in [0, 0.1) is 6.92 Å². The average molecular weight is 336 g/mol. The number of aryl methyl sites for hydroxylation is 1. The average Bonchev–Trinajstić information content (AvgIpc) is 2.41. The normalized spacial score (nSPS) is 9.90. The number of benzene rings is 1. The van der Waals surface area contributed by atoms with Crippen molar-refractivity contribution in [2.75, 3.05) is 12.0 Å². The Balaban J connectivity index is 1.76. The van der Waals surface area contributed by atoms with Crippen molar-refractivity contribution >= 4 is 27.8 Å². The SMILES string of the molecule is Cc1ccc(OCNC(=O)Nc2cc(Br)ccn2)cc1. The molecule has 1 aromatic carbocycles.